The van der Waals surface area contributed by atoms with E-state index in [2.05, 4.69) is 149 Å². The van der Waals surface area contributed by atoms with E-state index in [1.165, 1.54) is 54.6 Å². The lowest BCUT2D eigenvalue weighted by molar-refractivity contribution is 1.21. The molecule has 9 rings (SSSR count). The minimum atomic E-state index is 0.863. The molecule has 0 atom stereocenters. The van der Waals surface area contributed by atoms with Crippen molar-refractivity contribution in [3.63, 3.8) is 0 Å². The molecular weight excluding hydrogens is 546 g/mol. The molecule has 0 aliphatic heterocycles. The number of hydrogen-bond donors (Lipinski definition) is 0. The van der Waals surface area contributed by atoms with Gasteiger partial charge in [0, 0.05) is 18.0 Å². The highest BCUT2D eigenvalue weighted by atomic mass is 15.0. The fraction of sp³-hybridized carbons (Fsp3) is 0. The zero-order chi connectivity index (χ0) is 29.7. The first kappa shape index (κ1) is 25.4. The first-order valence-electron chi connectivity index (χ1n) is 15.2. The minimum Gasteiger partial charge on any atom is -0.298 e. The monoisotopic (exact) mass is 573 g/mol. The molecule has 0 unspecified atom stereocenters. The molecule has 0 amide bonds. The molecule has 0 spiro atoms. The molecule has 0 saturated heterocycles. The Bertz CT molecular complexity index is 2530. The molecule has 0 N–H and O–H groups in total. The number of rotatable bonds is 4. The SMILES string of the molecule is c1ccc(-c2ccc(-c3ccc4cc(-c5c(-c6ccccn6)nc6cc7ccccc7cn56)ccc4c3)c3ccccc23)cc1. The molecule has 0 radical (unpaired) electrons. The van der Waals surface area contributed by atoms with E-state index in [0.29, 0.717) is 0 Å². The molecule has 0 aliphatic carbocycles. The average molecular weight is 574 g/mol. The van der Waals surface area contributed by atoms with Gasteiger partial charge in [0.25, 0.3) is 0 Å². The molecule has 9 aromatic rings. The summed E-state index contributed by atoms with van der Waals surface area (Å²) in [5, 5.41) is 7.25. The highest BCUT2D eigenvalue weighted by Crippen LogP contribution is 2.38. The van der Waals surface area contributed by atoms with Crippen molar-refractivity contribution in [1.82, 2.24) is 14.4 Å². The number of nitrogens with zero attached hydrogens (tertiary/aromatic N) is 3. The fourth-order valence-electron chi connectivity index (χ4n) is 6.66. The van der Waals surface area contributed by atoms with E-state index in [9.17, 15) is 0 Å². The van der Waals surface area contributed by atoms with Gasteiger partial charge in [0.2, 0.25) is 0 Å². The lowest BCUT2D eigenvalue weighted by Crippen LogP contribution is -1.92. The summed E-state index contributed by atoms with van der Waals surface area (Å²) in [5.41, 5.74) is 9.74. The van der Waals surface area contributed by atoms with Crippen LogP contribution in [-0.2, 0) is 0 Å². The zero-order valence-electron chi connectivity index (χ0n) is 24.4. The third-order valence-corrected chi connectivity index (χ3v) is 8.83. The van der Waals surface area contributed by atoms with Crippen LogP contribution in [0.25, 0.3) is 82.9 Å². The van der Waals surface area contributed by atoms with Crippen molar-refractivity contribution in [3.05, 3.63) is 164 Å². The first-order valence-corrected chi connectivity index (χ1v) is 15.2. The Kier molecular flexibility index (Phi) is 5.82. The minimum absolute atomic E-state index is 0.863. The van der Waals surface area contributed by atoms with Crippen LogP contribution in [0, 0.1) is 0 Å². The summed E-state index contributed by atoms with van der Waals surface area (Å²) in [5.74, 6) is 0. The van der Waals surface area contributed by atoms with E-state index >= 15 is 0 Å². The molecule has 6 aromatic carbocycles. The van der Waals surface area contributed by atoms with Crippen LogP contribution in [0.15, 0.2) is 164 Å². The van der Waals surface area contributed by atoms with Crippen molar-refractivity contribution >= 4 is 38.0 Å². The summed E-state index contributed by atoms with van der Waals surface area (Å²) in [7, 11) is 0. The Balaban J connectivity index is 1.19. The molecule has 45 heavy (non-hydrogen) atoms. The number of aromatic nitrogens is 3. The van der Waals surface area contributed by atoms with E-state index in [-0.39, 0.29) is 0 Å². The van der Waals surface area contributed by atoms with Gasteiger partial charge in [0.1, 0.15) is 11.3 Å². The number of imidazole rings is 1. The molecule has 0 aliphatic rings. The van der Waals surface area contributed by atoms with E-state index in [4.69, 9.17) is 4.98 Å². The van der Waals surface area contributed by atoms with Crippen LogP contribution in [0.4, 0.5) is 0 Å². The quantitative estimate of drug-likeness (QED) is 0.210. The second kappa shape index (κ2) is 10.3. The maximum Gasteiger partial charge on any atom is 0.138 e. The number of hydrogen-bond acceptors (Lipinski definition) is 2. The van der Waals surface area contributed by atoms with Crippen LogP contribution < -0.4 is 0 Å². The third kappa shape index (κ3) is 4.29. The van der Waals surface area contributed by atoms with E-state index in [0.717, 1.165) is 28.3 Å². The normalized spacial score (nSPS) is 11.6. The summed E-state index contributed by atoms with van der Waals surface area (Å²) in [6, 6.07) is 54.0. The number of benzene rings is 6. The molecule has 210 valence electrons. The van der Waals surface area contributed by atoms with Crippen LogP contribution in [-0.4, -0.2) is 14.4 Å². The summed E-state index contributed by atoms with van der Waals surface area (Å²) in [6.45, 7) is 0. The van der Waals surface area contributed by atoms with Crippen molar-refractivity contribution in [3.8, 4) is 44.9 Å². The van der Waals surface area contributed by atoms with Crippen LogP contribution in [0.2, 0.25) is 0 Å². The average Bonchev–Trinajstić information content (AvgIpc) is 3.48. The maximum atomic E-state index is 5.10. The van der Waals surface area contributed by atoms with Gasteiger partial charge in [-0.25, -0.2) is 4.98 Å². The summed E-state index contributed by atoms with van der Waals surface area (Å²) < 4.78 is 2.21. The van der Waals surface area contributed by atoms with E-state index in [1.54, 1.807) is 0 Å². The van der Waals surface area contributed by atoms with Crippen molar-refractivity contribution < 1.29 is 0 Å². The van der Waals surface area contributed by atoms with Crippen molar-refractivity contribution in [2.45, 2.75) is 0 Å². The van der Waals surface area contributed by atoms with E-state index in [1.807, 2.05) is 24.4 Å². The Morgan fingerprint density at radius 1 is 0.444 bits per heavy atom. The smallest absolute Gasteiger partial charge is 0.138 e. The lowest BCUT2D eigenvalue weighted by Gasteiger charge is -2.13. The summed E-state index contributed by atoms with van der Waals surface area (Å²) >= 11 is 0. The Morgan fingerprint density at radius 3 is 1.82 bits per heavy atom. The van der Waals surface area contributed by atoms with Crippen LogP contribution >= 0.6 is 0 Å². The Hall–Kier alpha value is -6.06. The molecule has 3 heteroatoms. The summed E-state index contributed by atoms with van der Waals surface area (Å²) in [4.78, 5) is 9.78. The van der Waals surface area contributed by atoms with Gasteiger partial charge in [-0.15, -0.1) is 0 Å². The predicted molar refractivity (Wildman–Crippen MR) is 187 cm³/mol. The maximum absolute atomic E-state index is 5.10. The second-order valence-corrected chi connectivity index (χ2v) is 11.5. The fourth-order valence-corrected chi connectivity index (χ4v) is 6.66. The molecule has 0 saturated carbocycles. The van der Waals surface area contributed by atoms with Gasteiger partial charge in [-0.1, -0.05) is 121 Å². The Labute approximate surface area is 260 Å². The van der Waals surface area contributed by atoms with Crippen LogP contribution in [0.1, 0.15) is 0 Å². The molecule has 0 fully saturated rings. The van der Waals surface area contributed by atoms with Crippen molar-refractivity contribution in [2.24, 2.45) is 0 Å². The Morgan fingerprint density at radius 2 is 1.07 bits per heavy atom. The molecular formula is C42H27N3. The van der Waals surface area contributed by atoms with Crippen molar-refractivity contribution in [1.29, 1.82) is 0 Å². The highest BCUT2D eigenvalue weighted by Gasteiger charge is 2.18. The van der Waals surface area contributed by atoms with Gasteiger partial charge in [-0.3, -0.25) is 9.38 Å². The molecule has 3 heterocycles. The van der Waals surface area contributed by atoms with Gasteiger partial charge in [-0.2, -0.15) is 0 Å². The van der Waals surface area contributed by atoms with Gasteiger partial charge in [0.05, 0.1) is 11.4 Å². The topological polar surface area (TPSA) is 30.2 Å². The van der Waals surface area contributed by atoms with Crippen LogP contribution in [0.5, 0.6) is 0 Å². The standard InChI is InChI=1S/C42H27N3/c1-2-10-28(11-3-1)35-21-22-36(38-15-7-6-14-37(35)38)32-19-17-31-25-33(20-18-30(31)24-32)42-41(39-16-8-9-23-43-39)44-40-26-29-12-4-5-13-34(29)27-45(40)42/h1-27H. The lowest BCUT2D eigenvalue weighted by atomic mass is 9.91. The highest BCUT2D eigenvalue weighted by molar-refractivity contribution is 6.06. The van der Waals surface area contributed by atoms with Crippen LogP contribution in [0.3, 0.4) is 0 Å². The van der Waals surface area contributed by atoms with Gasteiger partial charge in [0.15, 0.2) is 0 Å². The number of fused-ring (bicyclic) bond motifs is 4. The summed E-state index contributed by atoms with van der Waals surface area (Å²) in [6.07, 6.45) is 4.02. The molecule has 0 bridgehead atoms. The first-order chi connectivity index (χ1) is 22.3. The predicted octanol–water partition coefficient (Wildman–Crippen LogP) is 10.9. The molecule has 3 nitrogen and oxygen atoms in total. The zero-order valence-corrected chi connectivity index (χ0v) is 24.4. The van der Waals surface area contributed by atoms with Gasteiger partial charge in [-0.05, 0) is 84.9 Å². The van der Waals surface area contributed by atoms with Gasteiger partial charge < -0.3 is 0 Å². The van der Waals surface area contributed by atoms with Crippen molar-refractivity contribution in [2.75, 3.05) is 0 Å². The largest absolute Gasteiger partial charge is 0.298 e. The van der Waals surface area contributed by atoms with E-state index < -0.39 is 0 Å². The number of pyridine rings is 2. The third-order valence-electron chi connectivity index (χ3n) is 8.83. The van der Waals surface area contributed by atoms with Gasteiger partial charge >= 0.3 is 0 Å². The second-order valence-electron chi connectivity index (χ2n) is 11.5. The molecule has 3 aromatic heterocycles.